The molecule has 0 aliphatic heterocycles. The molecule has 1 aromatic heterocycles. The van der Waals surface area contributed by atoms with Crippen LogP contribution in [0.5, 0.6) is 5.75 Å². The van der Waals surface area contributed by atoms with Crippen molar-refractivity contribution < 1.29 is 18.3 Å². The summed E-state index contributed by atoms with van der Waals surface area (Å²) < 4.78 is 34.5. The second-order valence-corrected chi connectivity index (χ2v) is 7.48. The second-order valence-electron chi connectivity index (χ2n) is 7.04. The summed E-state index contributed by atoms with van der Waals surface area (Å²) in [4.78, 5) is 39.0. The van der Waals surface area contributed by atoms with E-state index in [4.69, 9.17) is 16.3 Å². The Bertz CT molecular complexity index is 1500. The highest BCUT2D eigenvalue weighted by molar-refractivity contribution is 6.31. The Balaban J connectivity index is 1.84. The molecule has 1 heterocycles. The van der Waals surface area contributed by atoms with Gasteiger partial charge in [-0.05, 0) is 54.6 Å². The molecule has 0 fully saturated rings. The molecule has 1 N–H and O–H groups in total. The van der Waals surface area contributed by atoms with Crippen molar-refractivity contribution in [1.29, 1.82) is 0 Å². The summed E-state index contributed by atoms with van der Waals surface area (Å²) in [5, 5.41) is 2.90. The molecule has 0 aliphatic carbocycles. The van der Waals surface area contributed by atoms with Crippen LogP contribution in [0.2, 0.25) is 5.02 Å². The predicted molar refractivity (Wildman–Crippen MR) is 120 cm³/mol. The third-order valence-corrected chi connectivity index (χ3v) is 5.17. The highest BCUT2D eigenvalue weighted by atomic mass is 35.5. The van der Waals surface area contributed by atoms with Gasteiger partial charge in [0, 0.05) is 16.8 Å². The van der Waals surface area contributed by atoms with Crippen LogP contribution in [0.3, 0.4) is 0 Å². The van der Waals surface area contributed by atoms with Gasteiger partial charge >= 0.3 is 5.69 Å². The predicted octanol–water partition coefficient (Wildman–Crippen LogP) is 3.73. The Morgan fingerprint density at radius 2 is 1.76 bits per heavy atom. The van der Waals surface area contributed by atoms with E-state index in [-0.39, 0.29) is 15.9 Å². The topological polar surface area (TPSA) is 82.3 Å². The van der Waals surface area contributed by atoms with Gasteiger partial charge in [-0.1, -0.05) is 11.6 Å². The molecule has 0 saturated carbocycles. The number of fused-ring (bicyclic) bond motifs is 1. The lowest BCUT2D eigenvalue weighted by atomic mass is 10.2. The number of hydrogen-bond acceptors (Lipinski definition) is 4. The van der Waals surface area contributed by atoms with Gasteiger partial charge in [0.25, 0.3) is 5.56 Å². The molecule has 0 bridgehead atoms. The number of hydrogen-bond donors (Lipinski definition) is 1. The summed E-state index contributed by atoms with van der Waals surface area (Å²) in [7, 11) is 1.51. The maximum atomic E-state index is 14.4. The van der Waals surface area contributed by atoms with E-state index in [0.717, 1.165) is 16.7 Å². The van der Waals surface area contributed by atoms with Crippen LogP contribution in [0, 0.1) is 11.6 Å². The van der Waals surface area contributed by atoms with Crippen LogP contribution in [0.4, 0.5) is 14.5 Å². The van der Waals surface area contributed by atoms with Crippen LogP contribution in [-0.2, 0) is 11.3 Å². The van der Waals surface area contributed by atoms with E-state index in [1.165, 1.54) is 25.3 Å². The van der Waals surface area contributed by atoms with E-state index < -0.39 is 41.0 Å². The minimum absolute atomic E-state index is 0.0278. The molecule has 0 unspecified atom stereocenters. The van der Waals surface area contributed by atoms with Crippen molar-refractivity contribution in [2.75, 3.05) is 12.4 Å². The Hall–Kier alpha value is -3.98. The average molecular weight is 472 g/mol. The maximum Gasteiger partial charge on any atom is 0.336 e. The first-order valence-electron chi connectivity index (χ1n) is 9.63. The summed E-state index contributed by atoms with van der Waals surface area (Å²) in [6.07, 6.45) is 0. The first-order valence-corrected chi connectivity index (χ1v) is 10.0. The SMILES string of the molecule is COc1ccc(NC(=O)Cn2c(=O)n(-c3ccc(F)cc3F)c(=O)c3ccc(Cl)cc32)cc1. The number of amides is 1. The van der Waals surface area contributed by atoms with E-state index in [1.807, 2.05) is 0 Å². The zero-order valence-corrected chi connectivity index (χ0v) is 17.9. The van der Waals surface area contributed by atoms with Gasteiger partial charge in [0.05, 0.1) is 23.7 Å². The van der Waals surface area contributed by atoms with Gasteiger partial charge in [-0.3, -0.25) is 14.2 Å². The zero-order valence-electron chi connectivity index (χ0n) is 17.1. The minimum Gasteiger partial charge on any atom is -0.497 e. The van der Waals surface area contributed by atoms with Crippen LogP contribution in [0.1, 0.15) is 0 Å². The Morgan fingerprint density at radius 1 is 1.03 bits per heavy atom. The van der Waals surface area contributed by atoms with Crippen LogP contribution >= 0.6 is 11.6 Å². The van der Waals surface area contributed by atoms with Gasteiger partial charge in [-0.2, -0.15) is 0 Å². The summed E-state index contributed by atoms with van der Waals surface area (Å²) >= 11 is 6.05. The first kappa shape index (κ1) is 22.2. The number of ether oxygens (including phenoxy) is 1. The summed E-state index contributed by atoms with van der Waals surface area (Å²) in [5.41, 5.74) is -1.70. The van der Waals surface area contributed by atoms with Crippen molar-refractivity contribution in [3.8, 4) is 11.4 Å². The lowest BCUT2D eigenvalue weighted by Gasteiger charge is -2.15. The van der Waals surface area contributed by atoms with Gasteiger partial charge in [0.2, 0.25) is 5.91 Å². The van der Waals surface area contributed by atoms with E-state index in [9.17, 15) is 23.2 Å². The van der Waals surface area contributed by atoms with Crippen molar-refractivity contribution in [2.45, 2.75) is 6.54 Å². The fraction of sp³-hybridized carbons (Fsp3) is 0.0870. The van der Waals surface area contributed by atoms with Gasteiger partial charge in [0.15, 0.2) is 0 Å². The van der Waals surface area contributed by atoms with Crippen LogP contribution in [0.25, 0.3) is 16.6 Å². The molecule has 7 nitrogen and oxygen atoms in total. The highest BCUT2D eigenvalue weighted by Gasteiger charge is 2.19. The Kier molecular flexibility index (Phi) is 5.97. The molecular formula is C23H16ClF2N3O4. The molecule has 0 spiro atoms. The Morgan fingerprint density at radius 3 is 2.42 bits per heavy atom. The van der Waals surface area contributed by atoms with Crippen molar-refractivity contribution >= 4 is 34.1 Å². The molecule has 168 valence electrons. The van der Waals surface area contributed by atoms with Gasteiger partial charge < -0.3 is 10.1 Å². The van der Waals surface area contributed by atoms with E-state index in [0.29, 0.717) is 22.1 Å². The number of rotatable bonds is 5. The number of methoxy groups -OCH3 is 1. The number of carbonyl (C=O) groups is 1. The number of nitrogens with zero attached hydrogens (tertiary/aromatic N) is 2. The molecule has 0 saturated heterocycles. The minimum atomic E-state index is -1.10. The number of aromatic nitrogens is 2. The smallest absolute Gasteiger partial charge is 0.336 e. The second kappa shape index (κ2) is 8.87. The van der Waals surface area contributed by atoms with Gasteiger partial charge in [0.1, 0.15) is 23.9 Å². The van der Waals surface area contributed by atoms with Gasteiger partial charge in [-0.15, -0.1) is 0 Å². The molecule has 4 aromatic rings. The average Bonchev–Trinajstić information content (AvgIpc) is 2.78. The molecule has 0 atom stereocenters. The quantitative estimate of drug-likeness (QED) is 0.481. The van der Waals surface area contributed by atoms with Gasteiger partial charge in [-0.25, -0.2) is 18.1 Å². The summed E-state index contributed by atoms with van der Waals surface area (Å²) in [5.74, 6) is -1.95. The van der Waals surface area contributed by atoms with Crippen LogP contribution in [0.15, 0.2) is 70.3 Å². The fourth-order valence-electron chi connectivity index (χ4n) is 3.39. The molecule has 0 aliphatic rings. The molecule has 1 amide bonds. The van der Waals surface area contributed by atoms with E-state index >= 15 is 0 Å². The van der Waals surface area contributed by atoms with Crippen LogP contribution in [-0.4, -0.2) is 22.2 Å². The molecule has 10 heteroatoms. The van der Waals surface area contributed by atoms with Crippen LogP contribution < -0.4 is 21.3 Å². The third kappa shape index (κ3) is 4.35. The molecular weight excluding hydrogens is 456 g/mol. The number of halogens is 3. The standard InChI is InChI=1S/C23H16ClF2N3O4/c1-33-16-6-4-15(5-7-16)27-21(30)12-28-20-10-13(24)2-8-17(20)22(31)29(23(28)32)19-9-3-14(25)11-18(19)26/h2-11H,12H2,1H3,(H,27,30). The zero-order chi connectivity index (χ0) is 23.7. The van der Waals surface area contributed by atoms with Crippen molar-refractivity contribution in [3.05, 3.63) is 98.2 Å². The summed E-state index contributed by atoms with van der Waals surface area (Å²) in [6, 6.07) is 13.2. The maximum absolute atomic E-state index is 14.4. The molecule has 4 rings (SSSR count). The normalized spacial score (nSPS) is 10.9. The lowest BCUT2D eigenvalue weighted by Crippen LogP contribution is -2.41. The number of carbonyl (C=O) groups excluding carboxylic acids is 1. The molecule has 33 heavy (non-hydrogen) atoms. The van der Waals surface area contributed by atoms with E-state index in [2.05, 4.69) is 5.32 Å². The number of anilines is 1. The van der Waals surface area contributed by atoms with Crippen molar-refractivity contribution in [1.82, 2.24) is 9.13 Å². The molecule has 3 aromatic carbocycles. The number of nitrogens with one attached hydrogen (secondary N) is 1. The Labute approximate surface area is 190 Å². The van der Waals surface area contributed by atoms with E-state index in [1.54, 1.807) is 24.3 Å². The van der Waals surface area contributed by atoms with Crippen molar-refractivity contribution in [2.24, 2.45) is 0 Å². The molecule has 0 radical (unpaired) electrons. The highest BCUT2D eigenvalue weighted by Crippen LogP contribution is 2.19. The first-order chi connectivity index (χ1) is 15.8. The third-order valence-electron chi connectivity index (χ3n) is 4.93. The summed E-state index contributed by atoms with van der Waals surface area (Å²) in [6.45, 7) is -0.495. The van der Waals surface area contributed by atoms with Crippen molar-refractivity contribution in [3.63, 3.8) is 0 Å². The number of benzene rings is 3. The fourth-order valence-corrected chi connectivity index (χ4v) is 3.55. The monoisotopic (exact) mass is 471 g/mol. The lowest BCUT2D eigenvalue weighted by molar-refractivity contribution is -0.116. The largest absolute Gasteiger partial charge is 0.497 e.